The molecule has 0 saturated carbocycles. The van der Waals surface area contributed by atoms with Crippen molar-refractivity contribution in [3.63, 3.8) is 0 Å². The molecule has 0 aliphatic carbocycles. The Morgan fingerprint density at radius 2 is 1.68 bits per heavy atom. The van der Waals surface area contributed by atoms with E-state index in [1.54, 1.807) is 37.3 Å². The molecule has 96 valence electrons. The number of aromatic hydroxyl groups is 1. The minimum absolute atomic E-state index is 0.140. The molecule has 0 atom stereocenters. The standard InChI is InChI=1S/C16H15NO2/c1-12(11-13-7-9-15(18)10-8-13)16(19)17-14-5-3-2-4-6-14/h2-11,18H,1H3,(H,17,19). The van der Waals surface area contributed by atoms with Crippen LogP contribution < -0.4 is 5.32 Å². The average Bonchev–Trinajstić information content (AvgIpc) is 2.42. The van der Waals surface area contributed by atoms with Crippen molar-refractivity contribution in [1.82, 2.24) is 0 Å². The fourth-order valence-corrected chi connectivity index (χ4v) is 1.64. The molecule has 0 spiro atoms. The van der Waals surface area contributed by atoms with Gasteiger partial charge in [-0.2, -0.15) is 0 Å². The van der Waals surface area contributed by atoms with Gasteiger partial charge >= 0.3 is 0 Å². The minimum Gasteiger partial charge on any atom is -0.508 e. The van der Waals surface area contributed by atoms with Crippen molar-refractivity contribution in [3.8, 4) is 5.75 Å². The molecule has 2 rings (SSSR count). The highest BCUT2D eigenvalue weighted by Gasteiger charge is 2.04. The summed E-state index contributed by atoms with van der Waals surface area (Å²) in [7, 11) is 0. The van der Waals surface area contributed by atoms with Gasteiger partial charge in [0.25, 0.3) is 5.91 Å². The third-order valence-electron chi connectivity index (χ3n) is 2.67. The molecule has 3 nitrogen and oxygen atoms in total. The van der Waals surface area contributed by atoms with Crippen LogP contribution in [0.15, 0.2) is 60.2 Å². The van der Waals surface area contributed by atoms with Crippen molar-refractivity contribution in [2.75, 3.05) is 5.32 Å². The quantitative estimate of drug-likeness (QED) is 0.823. The topological polar surface area (TPSA) is 49.3 Å². The minimum atomic E-state index is -0.140. The first-order chi connectivity index (χ1) is 9.15. The van der Waals surface area contributed by atoms with Gasteiger partial charge in [0.1, 0.15) is 5.75 Å². The van der Waals surface area contributed by atoms with Gasteiger partial charge in [-0.25, -0.2) is 0 Å². The number of para-hydroxylation sites is 1. The molecule has 0 saturated heterocycles. The lowest BCUT2D eigenvalue weighted by atomic mass is 10.1. The largest absolute Gasteiger partial charge is 0.508 e. The van der Waals surface area contributed by atoms with Crippen LogP contribution in [0.2, 0.25) is 0 Å². The third-order valence-corrected chi connectivity index (χ3v) is 2.67. The molecule has 3 heteroatoms. The molecule has 0 aromatic heterocycles. The highest BCUT2D eigenvalue weighted by molar-refractivity contribution is 6.06. The predicted molar refractivity (Wildman–Crippen MR) is 76.8 cm³/mol. The van der Waals surface area contributed by atoms with Gasteiger partial charge in [-0.05, 0) is 42.8 Å². The van der Waals surface area contributed by atoms with Gasteiger partial charge in [0.2, 0.25) is 0 Å². The Kier molecular flexibility index (Phi) is 3.98. The Morgan fingerprint density at radius 1 is 1.05 bits per heavy atom. The Bertz CT molecular complexity index is 586. The van der Waals surface area contributed by atoms with Crippen LogP contribution in [0.5, 0.6) is 5.75 Å². The van der Waals surface area contributed by atoms with E-state index in [2.05, 4.69) is 5.32 Å². The number of rotatable bonds is 3. The van der Waals surface area contributed by atoms with E-state index in [4.69, 9.17) is 0 Å². The monoisotopic (exact) mass is 253 g/mol. The van der Waals surface area contributed by atoms with Crippen molar-refractivity contribution in [3.05, 3.63) is 65.7 Å². The van der Waals surface area contributed by atoms with Gasteiger partial charge in [-0.3, -0.25) is 4.79 Å². The number of phenols is 1. The summed E-state index contributed by atoms with van der Waals surface area (Å²) in [5.74, 6) is 0.0721. The van der Waals surface area contributed by atoms with Crippen molar-refractivity contribution >= 4 is 17.7 Å². The zero-order valence-electron chi connectivity index (χ0n) is 10.6. The van der Waals surface area contributed by atoms with Crippen molar-refractivity contribution in [1.29, 1.82) is 0 Å². The van der Waals surface area contributed by atoms with E-state index in [-0.39, 0.29) is 11.7 Å². The molecule has 0 unspecified atom stereocenters. The van der Waals surface area contributed by atoms with Crippen molar-refractivity contribution in [2.24, 2.45) is 0 Å². The van der Waals surface area contributed by atoms with E-state index in [0.717, 1.165) is 11.3 Å². The summed E-state index contributed by atoms with van der Waals surface area (Å²) in [4.78, 5) is 12.0. The number of benzene rings is 2. The Hall–Kier alpha value is -2.55. The smallest absolute Gasteiger partial charge is 0.251 e. The third kappa shape index (κ3) is 3.71. The van der Waals surface area contributed by atoms with E-state index in [9.17, 15) is 9.90 Å². The van der Waals surface area contributed by atoms with Crippen LogP contribution in [-0.2, 0) is 4.79 Å². The Labute approximate surface area is 112 Å². The summed E-state index contributed by atoms with van der Waals surface area (Å²) < 4.78 is 0. The van der Waals surface area contributed by atoms with Crippen LogP contribution >= 0.6 is 0 Å². The average molecular weight is 253 g/mol. The first-order valence-electron chi connectivity index (χ1n) is 5.99. The molecule has 1 amide bonds. The molecule has 19 heavy (non-hydrogen) atoms. The van der Waals surface area contributed by atoms with Crippen molar-refractivity contribution < 1.29 is 9.90 Å². The Morgan fingerprint density at radius 3 is 2.32 bits per heavy atom. The van der Waals surface area contributed by atoms with Crippen LogP contribution in [0.3, 0.4) is 0 Å². The number of carbonyl (C=O) groups excluding carboxylic acids is 1. The molecule has 0 radical (unpaired) electrons. The number of hydrogen-bond donors (Lipinski definition) is 2. The maximum absolute atomic E-state index is 12.0. The summed E-state index contributed by atoms with van der Waals surface area (Å²) >= 11 is 0. The number of anilines is 1. The molecule has 0 heterocycles. The van der Waals surface area contributed by atoms with E-state index in [1.807, 2.05) is 30.3 Å². The first-order valence-corrected chi connectivity index (χ1v) is 5.99. The number of hydrogen-bond acceptors (Lipinski definition) is 2. The van der Waals surface area contributed by atoms with Gasteiger partial charge < -0.3 is 10.4 Å². The summed E-state index contributed by atoms with van der Waals surface area (Å²) in [6.45, 7) is 1.76. The SMILES string of the molecule is CC(=Cc1ccc(O)cc1)C(=O)Nc1ccccc1. The molecular formula is C16H15NO2. The van der Waals surface area contributed by atoms with E-state index >= 15 is 0 Å². The Balaban J connectivity index is 2.08. The van der Waals surface area contributed by atoms with Gasteiger partial charge in [-0.15, -0.1) is 0 Å². The lowest BCUT2D eigenvalue weighted by Crippen LogP contribution is -2.12. The first kappa shape index (κ1) is 12.9. The molecule has 0 fully saturated rings. The summed E-state index contributed by atoms with van der Waals surface area (Å²) in [5, 5.41) is 12.0. The van der Waals surface area contributed by atoms with Crippen LogP contribution in [0.25, 0.3) is 6.08 Å². The molecule has 2 N–H and O–H groups in total. The number of phenolic OH excluding ortho intramolecular Hbond substituents is 1. The van der Waals surface area contributed by atoms with Gasteiger partial charge in [-0.1, -0.05) is 30.3 Å². The summed E-state index contributed by atoms with van der Waals surface area (Å²) in [6.07, 6.45) is 1.78. The van der Waals surface area contributed by atoms with E-state index < -0.39 is 0 Å². The molecule has 0 aliphatic heterocycles. The van der Waals surface area contributed by atoms with E-state index in [0.29, 0.717) is 5.57 Å². The van der Waals surface area contributed by atoms with Crippen LogP contribution in [0.4, 0.5) is 5.69 Å². The van der Waals surface area contributed by atoms with Gasteiger partial charge in [0, 0.05) is 11.3 Å². The molecule has 0 aliphatic rings. The lowest BCUT2D eigenvalue weighted by Gasteiger charge is -2.05. The van der Waals surface area contributed by atoms with Crippen LogP contribution in [0.1, 0.15) is 12.5 Å². The van der Waals surface area contributed by atoms with Crippen molar-refractivity contribution in [2.45, 2.75) is 6.92 Å². The zero-order valence-corrected chi connectivity index (χ0v) is 10.6. The summed E-state index contributed by atoms with van der Waals surface area (Å²) in [6, 6.07) is 16.0. The van der Waals surface area contributed by atoms with Crippen LogP contribution in [-0.4, -0.2) is 11.0 Å². The van der Waals surface area contributed by atoms with Gasteiger partial charge in [0.15, 0.2) is 0 Å². The highest BCUT2D eigenvalue weighted by Crippen LogP contribution is 2.14. The molecule has 0 bridgehead atoms. The maximum atomic E-state index is 12.0. The second-order valence-corrected chi connectivity index (χ2v) is 4.24. The second kappa shape index (κ2) is 5.87. The summed E-state index contributed by atoms with van der Waals surface area (Å²) in [5.41, 5.74) is 2.25. The molecule has 2 aromatic rings. The maximum Gasteiger partial charge on any atom is 0.251 e. The fourth-order valence-electron chi connectivity index (χ4n) is 1.64. The second-order valence-electron chi connectivity index (χ2n) is 4.24. The zero-order chi connectivity index (χ0) is 13.7. The molecule has 2 aromatic carbocycles. The predicted octanol–water partition coefficient (Wildman–Crippen LogP) is 3.43. The lowest BCUT2D eigenvalue weighted by molar-refractivity contribution is -0.112. The normalized spacial score (nSPS) is 11.1. The van der Waals surface area contributed by atoms with E-state index in [1.165, 1.54) is 0 Å². The molecular weight excluding hydrogens is 238 g/mol. The van der Waals surface area contributed by atoms with Gasteiger partial charge in [0.05, 0.1) is 0 Å². The highest BCUT2D eigenvalue weighted by atomic mass is 16.3. The van der Waals surface area contributed by atoms with Crippen LogP contribution in [0, 0.1) is 0 Å². The number of amides is 1. The fraction of sp³-hybridized carbons (Fsp3) is 0.0625. The number of nitrogens with one attached hydrogen (secondary N) is 1. The number of carbonyl (C=O) groups is 1.